The predicted molar refractivity (Wildman–Crippen MR) is 146 cm³/mol. The van der Waals surface area contributed by atoms with E-state index < -0.39 is 6.60 Å². The van der Waals surface area contributed by atoms with Crippen molar-refractivity contribution in [2.75, 3.05) is 30.6 Å². The molecule has 9 heteroatoms. The van der Waals surface area contributed by atoms with Crippen LogP contribution in [-0.4, -0.2) is 57.6 Å². The monoisotopic (exact) mass is 501 g/mol. The Bertz CT molecular complexity index is 1140. The molecule has 4 rings (SSSR count). The summed E-state index contributed by atoms with van der Waals surface area (Å²) >= 11 is 2.51. The molecule has 1 atom stereocenters. The van der Waals surface area contributed by atoms with Crippen molar-refractivity contribution in [2.45, 2.75) is 38.8 Å². The van der Waals surface area contributed by atoms with Gasteiger partial charge in [0.25, 0.3) is 0 Å². The summed E-state index contributed by atoms with van der Waals surface area (Å²) < 4.78 is 0. The number of amides is 1. The average Bonchev–Trinajstić information content (AvgIpc) is 3.50. The first kappa shape index (κ1) is 24.1. The van der Waals surface area contributed by atoms with E-state index in [9.17, 15) is 4.79 Å². The van der Waals surface area contributed by atoms with E-state index in [4.69, 9.17) is 5.41 Å². The van der Waals surface area contributed by atoms with Gasteiger partial charge < -0.3 is 0 Å². The zero-order chi connectivity index (χ0) is 23.7. The van der Waals surface area contributed by atoms with Crippen LogP contribution >= 0.6 is 29.7 Å². The Morgan fingerprint density at radius 2 is 2.06 bits per heavy atom. The maximum absolute atomic E-state index is 12.9. The molecule has 176 valence electrons. The minimum atomic E-state index is -1.79. The SMILES string of the molecule is CCCP(C)(C)(CCC)C1C=CC(c2[nH]ncc2/C=C2\SC(=N)N(c3nccs3)C2=O)=CC1. The second kappa shape index (κ2) is 9.32. The van der Waals surface area contributed by atoms with Crippen molar-refractivity contribution in [1.29, 1.82) is 5.41 Å². The number of allylic oxidation sites excluding steroid dienone is 4. The Hall–Kier alpha value is -2.02. The first-order valence-corrected chi connectivity index (χ1v) is 16.7. The Labute approximate surface area is 204 Å². The van der Waals surface area contributed by atoms with Gasteiger partial charge in [0.05, 0.1) is 0 Å². The summed E-state index contributed by atoms with van der Waals surface area (Å²) in [5, 5.41) is 18.1. The van der Waals surface area contributed by atoms with Crippen molar-refractivity contribution in [2.24, 2.45) is 0 Å². The van der Waals surface area contributed by atoms with Gasteiger partial charge in [-0.15, -0.1) is 0 Å². The summed E-state index contributed by atoms with van der Waals surface area (Å²) in [4.78, 5) is 19.0. The van der Waals surface area contributed by atoms with Crippen LogP contribution in [0.3, 0.4) is 0 Å². The summed E-state index contributed by atoms with van der Waals surface area (Å²) in [6.45, 7) is 7.96. The van der Waals surface area contributed by atoms with Crippen molar-refractivity contribution in [3.05, 3.63) is 52.2 Å². The number of rotatable bonds is 8. The van der Waals surface area contributed by atoms with Crippen molar-refractivity contribution < 1.29 is 4.79 Å². The first-order chi connectivity index (χ1) is 15.8. The number of hydrogen-bond acceptors (Lipinski definition) is 6. The molecular formula is C24H32N5OPS2. The number of aromatic nitrogens is 3. The summed E-state index contributed by atoms with van der Waals surface area (Å²) in [7, 11) is 0. The Morgan fingerprint density at radius 3 is 2.67 bits per heavy atom. The number of aromatic amines is 1. The number of nitrogens with zero attached hydrogens (tertiary/aromatic N) is 3. The van der Waals surface area contributed by atoms with Crippen LogP contribution in [0.15, 0.2) is 40.9 Å². The number of anilines is 1. The molecule has 1 saturated heterocycles. The van der Waals surface area contributed by atoms with E-state index in [0.717, 1.165) is 35.0 Å². The molecule has 1 aliphatic heterocycles. The zero-order valence-electron chi connectivity index (χ0n) is 19.7. The van der Waals surface area contributed by atoms with Gasteiger partial charge in [0, 0.05) is 11.6 Å². The molecule has 0 spiro atoms. The number of nitrogens with one attached hydrogen (secondary N) is 2. The van der Waals surface area contributed by atoms with Crippen LogP contribution < -0.4 is 4.90 Å². The normalized spacial score (nSPS) is 21.5. The molecule has 0 aromatic carbocycles. The molecule has 2 aromatic rings. The Morgan fingerprint density at radius 1 is 1.30 bits per heavy atom. The fourth-order valence-corrected chi connectivity index (χ4v) is 12.0. The van der Waals surface area contributed by atoms with Gasteiger partial charge in [0.2, 0.25) is 0 Å². The van der Waals surface area contributed by atoms with Crippen molar-refractivity contribution in [3.63, 3.8) is 0 Å². The molecule has 1 aliphatic carbocycles. The molecule has 0 saturated carbocycles. The molecule has 0 radical (unpaired) electrons. The first-order valence-electron chi connectivity index (χ1n) is 11.4. The van der Waals surface area contributed by atoms with Crippen molar-refractivity contribution in [3.8, 4) is 0 Å². The number of carbonyl (C=O) groups is 1. The number of H-pyrrole nitrogens is 1. The maximum atomic E-state index is 12.9. The third-order valence-corrected chi connectivity index (χ3v) is 14.9. The Kier molecular flexibility index (Phi) is 6.81. The van der Waals surface area contributed by atoms with Crippen molar-refractivity contribution in [1.82, 2.24) is 15.2 Å². The topological polar surface area (TPSA) is 85.7 Å². The van der Waals surface area contributed by atoms with Crippen molar-refractivity contribution >= 4 is 57.6 Å². The van der Waals surface area contributed by atoms with Gasteiger partial charge >= 0.3 is 193 Å². The molecule has 1 amide bonds. The zero-order valence-corrected chi connectivity index (χ0v) is 22.2. The third kappa shape index (κ3) is 4.66. The number of carbonyl (C=O) groups excluding carboxylic acids is 1. The van der Waals surface area contributed by atoms with E-state index >= 15 is 0 Å². The van der Waals surface area contributed by atoms with E-state index in [1.165, 1.54) is 41.4 Å². The fraction of sp³-hybridized carbons (Fsp3) is 0.417. The minimum absolute atomic E-state index is 0.176. The summed E-state index contributed by atoms with van der Waals surface area (Å²) in [5.74, 6) is -0.214. The van der Waals surface area contributed by atoms with Crippen LogP contribution in [0.4, 0.5) is 5.13 Å². The van der Waals surface area contributed by atoms with Crippen LogP contribution in [0.2, 0.25) is 0 Å². The van der Waals surface area contributed by atoms with E-state index in [-0.39, 0.29) is 11.1 Å². The van der Waals surface area contributed by atoms with Crippen LogP contribution in [0.5, 0.6) is 0 Å². The van der Waals surface area contributed by atoms with Crippen LogP contribution in [0, 0.1) is 5.41 Å². The summed E-state index contributed by atoms with van der Waals surface area (Å²) in [6, 6.07) is 0. The van der Waals surface area contributed by atoms with Gasteiger partial charge in [0.1, 0.15) is 0 Å². The Balaban J connectivity index is 1.56. The predicted octanol–water partition coefficient (Wildman–Crippen LogP) is 6.27. The number of amidine groups is 1. The number of thioether (sulfide) groups is 1. The molecule has 33 heavy (non-hydrogen) atoms. The van der Waals surface area contributed by atoms with E-state index in [2.05, 4.69) is 60.6 Å². The molecule has 1 fully saturated rings. The summed E-state index contributed by atoms with van der Waals surface area (Å²) in [5.41, 5.74) is 3.51. The van der Waals surface area contributed by atoms with Gasteiger partial charge in [0.15, 0.2) is 0 Å². The number of hydrogen-bond donors (Lipinski definition) is 2. The molecule has 2 aliphatic rings. The van der Waals surface area contributed by atoms with E-state index in [1.807, 2.05) is 6.08 Å². The number of thiazole rings is 1. The molecule has 6 nitrogen and oxygen atoms in total. The quantitative estimate of drug-likeness (QED) is 0.330. The molecule has 2 N–H and O–H groups in total. The molecule has 1 unspecified atom stereocenters. The van der Waals surface area contributed by atoms with Gasteiger partial charge in [-0.05, 0) is 0 Å². The van der Waals surface area contributed by atoms with E-state index in [1.54, 1.807) is 17.8 Å². The van der Waals surface area contributed by atoms with E-state index in [0.29, 0.717) is 15.7 Å². The van der Waals surface area contributed by atoms with Crippen LogP contribution in [0.1, 0.15) is 44.4 Å². The standard InChI is InChI=1S/C24H32N5OPS2/c1-5-12-31(3,4,13-6-2)19-9-7-17(8-10-19)21-18(16-27-28-21)15-20-22(30)29(23(25)33-20)24-26-11-14-32-24/h7-9,11,14-16,19,25H,5-6,10,12-13H2,1-4H3,(H,27,28)/b20-15-,25-23?. The molecular weight excluding hydrogens is 469 g/mol. The van der Waals surface area contributed by atoms with Gasteiger partial charge in [-0.25, -0.2) is 0 Å². The second-order valence-electron chi connectivity index (χ2n) is 9.66. The van der Waals surface area contributed by atoms with Crippen LogP contribution in [0.25, 0.3) is 11.6 Å². The van der Waals surface area contributed by atoms with Crippen LogP contribution in [-0.2, 0) is 4.79 Å². The van der Waals surface area contributed by atoms with Gasteiger partial charge in [-0.2, -0.15) is 0 Å². The fourth-order valence-electron chi connectivity index (χ4n) is 5.13. The molecule has 3 heterocycles. The average molecular weight is 502 g/mol. The van der Waals surface area contributed by atoms with Gasteiger partial charge in [-0.1, -0.05) is 0 Å². The second-order valence-corrected chi connectivity index (χ2v) is 18.8. The van der Waals surface area contributed by atoms with Gasteiger partial charge in [-0.3, -0.25) is 0 Å². The summed E-state index contributed by atoms with van der Waals surface area (Å²) in [6.07, 6.45) is 18.4. The molecule has 0 bridgehead atoms. The third-order valence-electron chi connectivity index (χ3n) is 6.80. The molecule has 2 aromatic heterocycles.